The molecule has 4 heteroatoms. The van der Waals surface area contributed by atoms with Crippen molar-refractivity contribution >= 4 is 5.91 Å². The number of hydrogen-bond donors (Lipinski definition) is 2. The van der Waals surface area contributed by atoms with E-state index in [0.29, 0.717) is 12.1 Å². The third kappa shape index (κ3) is 4.15. The maximum atomic E-state index is 11.9. The van der Waals surface area contributed by atoms with Crippen LogP contribution in [0.2, 0.25) is 0 Å². The molecule has 2 N–H and O–H groups in total. The lowest BCUT2D eigenvalue weighted by Gasteiger charge is -2.31. The highest BCUT2D eigenvalue weighted by Gasteiger charge is 2.26. The second-order valence-corrected chi connectivity index (χ2v) is 5.12. The molecule has 0 saturated carbocycles. The van der Waals surface area contributed by atoms with Gasteiger partial charge in [-0.25, -0.2) is 0 Å². The van der Waals surface area contributed by atoms with Crippen LogP contribution in [-0.2, 0) is 0 Å². The van der Waals surface area contributed by atoms with Crippen LogP contribution in [0.4, 0.5) is 0 Å². The zero-order valence-corrected chi connectivity index (χ0v) is 10.6. The topological polar surface area (TPSA) is 62.2 Å². The maximum absolute atomic E-state index is 11.9. The molecule has 1 heterocycles. The molecule has 0 aromatic carbocycles. The molecule has 1 amide bonds. The van der Waals surface area contributed by atoms with Crippen LogP contribution in [-0.4, -0.2) is 28.6 Å². The summed E-state index contributed by atoms with van der Waals surface area (Å²) >= 11 is 0. The van der Waals surface area contributed by atoms with Gasteiger partial charge in [0, 0.05) is 18.8 Å². The molecule has 0 aliphatic heterocycles. The van der Waals surface area contributed by atoms with Gasteiger partial charge in [0.05, 0.1) is 0 Å². The number of aliphatic hydroxyl groups is 1. The van der Waals surface area contributed by atoms with Gasteiger partial charge in [-0.15, -0.1) is 0 Å². The molecule has 0 aliphatic rings. The number of amides is 1. The van der Waals surface area contributed by atoms with Gasteiger partial charge in [0.15, 0.2) is 0 Å². The first-order chi connectivity index (χ1) is 7.95. The molecule has 0 spiro atoms. The van der Waals surface area contributed by atoms with E-state index in [1.54, 1.807) is 24.4 Å². The van der Waals surface area contributed by atoms with Crippen molar-refractivity contribution in [2.24, 2.45) is 5.41 Å². The molecular formula is C13H20N2O2. The molecule has 1 aromatic heterocycles. The first-order valence-corrected chi connectivity index (χ1v) is 5.78. The van der Waals surface area contributed by atoms with Gasteiger partial charge in [-0.2, -0.15) is 0 Å². The van der Waals surface area contributed by atoms with E-state index in [9.17, 15) is 4.79 Å². The van der Waals surface area contributed by atoms with Crippen LogP contribution in [0, 0.1) is 5.41 Å². The van der Waals surface area contributed by atoms with Gasteiger partial charge in [0.1, 0.15) is 5.69 Å². The summed E-state index contributed by atoms with van der Waals surface area (Å²) in [5.74, 6) is -0.195. The molecule has 0 fully saturated rings. The lowest BCUT2D eigenvalue weighted by atomic mass is 9.85. The fourth-order valence-corrected chi connectivity index (χ4v) is 1.58. The fraction of sp³-hybridized carbons (Fsp3) is 0.538. The standard InChI is InChI=1S/C13H20N2O2/c1-13(2,3)11(7-9-16)15-12(17)10-6-4-5-8-14-10/h4-6,8,11,16H,7,9H2,1-3H3,(H,15,17)/t11-/m1/s1. The first kappa shape index (κ1) is 13.6. The fourth-order valence-electron chi connectivity index (χ4n) is 1.58. The zero-order valence-electron chi connectivity index (χ0n) is 10.6. The van der Waals surface area contributed by atoms with Gasteiger partial charge in [-0.05, 0) is 24.0 Å². The van der Waals surface area contributed by atoms with Crippen molar-refractivity contribution in [3.8, 4) is 0 Å². The van der Waals surface area contributed by atoms with E-state index in [-0.39, 0.29) is 24.0 Å². The van der Waals surface area contributed by atoms with Gasteiger partial charge in [0.25, 0.3) is 5.91 Å². The number of aliphatic hydroxyl groups excluding tert-OH is 1. The lowest BCUT2D eigenvalue weighted by Crippen LogP contribution is -2.44. The predicted molar refractivity (Wildman–Crippen MR) is 66.6 cm³/mol. The number of rotatable bonds is 4. The second-order valence-electron chi connectivity index (χ2n) is 5.12. The Kier molecular flexibility index (Phi) is 4.63. The normalized spacial score (nSPS) is 13.2. The lowest BCUT2D eigenvalue weighted by molar-refractivity contribution is 0.0880. The molecular weight excluding hydrogens is 216 g/mol. The SMILES string of the molecule is CC(C)(C)[C@@H](CCO)NC(=O)c1ccccn1. The number of hydrogen-bond acceptors (Lipinski definition) is 3. The summed E-state index contributed by atoms with van der Waals surface area (Å²) in [5.41, 5.74) is 0.312. The van der Waals surface area contributed by atoms with E-state index in [4.69, 9.17) is 5.11 Å². The van der Waals surface area contributed by atoms with E-state index in [1.165, 1.54) is 0 Å². The minimum absolute atomic E-state index is 0.0600. The molecule has 4 nitrogen and oxygen atoms in total. The van der Waals surface area contributed by atoms with Crippen LogP contribution in [0.25, 0.3) is 0 Å². The molecule has 17 heavy (non-hydrogen) atoms. The van der Waals surface area contributed by atoms with Crippen molar-refractivity contribution < 1.29 is 9.90 Å². The summed E-state index contributed by atoms with van der Waals surface area (Å²) in [6, 6.07) is 5.15. The van der Waals surface area contributed by atoms with Crippen molar-refractivity contribution in [1.82, 2.24) is 10.3 Å². The van der Waals surface area contributed by atoms with Crippen LogP contribution in [0.5, 0.6) is 0 Å². The summed E-state index contributed by atoms with van der Waals surface area (Å²) < 4.78 is 0. The number of carbonyl (C=O) groups excluding carboxylic acids is 1. The van der Waals surface area contributed by atoms with Gasteiger partial charge in [-0.3, -0.25) is 9.78 Å². The average Bonchev–Trinajstić information content (AvgIpc) is 2.28. The summed E-state index contributed by atoms with van der Waals surface area (Å²) in [7, 11) is 0. The Morgan fingerprint density at radius 1 is 1.47 bits per heavy atom. The third-order valence-corrected chi connectivity index (χ3v) is 2.67. The van der Waals surface area contributed by atoms with Crippen LogP contribution in [0.1, 0.15) is 37.7 Å². The largest absolute Gasteiger partial charge is 0.396 e. The van der Waals surface area contributed by atoms with Crippen molar-refractivity contribution in [3.05, 3.63) is 30.1 Å². The van der Waals surface area contributed by atoms with Crippen LogP contribution < -0.4 is 5.32 Å². The molecule has 1 atom stereocenters. The number of nitrogens with one attached hydrogen (secondary N) is 1. The Hall–Kier alpha value is -1.42. The minimum atomic E-state index is -0.195. The molecule has 0 unspecified atom stereocenters. The average molecular weight is 236 g/mol. The highest BCUT2D eigenvalue weighted by Crippen LogP contribution is 2.21. The minimum Gasteiger partial charge on any atom is -0.396 e. The highest BCUT2D eigenvalue weighted by atomic mass is 16.3. The van der Waals surface area contributed by atoms with Gasteiger partial charge < -0.3 is 10.4 Å². The smallest absolute Gasteiger partial charge is 0.270 e. The monoisotopic (exact) mass is 236 g/mol. The van der Waals surface area contributed by atoms with Crippen molar-refractivity contribution in [2.45, 2.75) is 33.2 Å². The number of aromatic nitrogens is 1. The summed E-state index contributed by atoms with van der Waals surface area (Å²) in [4.78, 5) is 15.9. The number of nitrogens with zero attached hydrogens (tertiary/aromatic N) is 1. The van der Waals surface area contributed by atoms with Crippen LogP contribution in [0.3, 0.4) is 0 Å². The predicted octanol–water partition coefficient (Wildman–Crippen LogP) is 1.61. The van der Waals surface area contributed by atoms with Gasteiger partial charge in [0.2, 0.25) is 0 Å². The Morgan fingerprint density at radius 2 is 2.18 bits per heavy atom. The van der Waals surface area contributed by atoms with Gasteiger partial charge >= 0.3 is 0 Å². The Bertz CT molecular complexity index is 357. The third-order valence-electron chi connectivity index (χ3n) is 2.67. The summed E-state index contributed by atoms with van der Waals surface area (Å²) in [5, 5.41) is 11.9. The molecule has 0 bridgehead atoms. The molecule has 0 aliphatic carbocycles. The van der Waals surface area contributed by atoms with E-state index in [2.05, 4.69) is 10.3 Å². The molecule has 94 valence electrons. The van der Waals surface area contributed by atoms with Gasteiger partial charge in [-0.1, -0.05) is 26.8 Å². The van der Waals surface area contributed by atoms with E-state index in [0.717, 1.165) is 0 Å². The van der Waals surface area contributed by atoms with Crippen LogP contribution >= 0.6 is 0 Å². The molecule has 0 saturated heterocycles. The zero-order chi connectivity index (χ0) is 12.9. The molecule has 1 aromatic rings. The Labute approximate surface area is 102 Å². The Morgan fingerprint density at radius 3 is 2.65 bits per heavy atom. The summed E-state index contributed by atoms with van der Waals surface area (Å²) in [6.07, 6.45) is 2.13. The molecule has 0 radical (unpaired) electrons. The van der Waals surface area contributed by atoms with Crippen molar-refractivity contribution in [1.29, 1.82) is 0 Å². The maximum Gasteiger partial charge on any atom is 0.270 e. The second kappa shape index (κ2) is 5.77. The van der Waals surface area contributed by atoms with Crippen molar-refractivity contribution in [2.75, 3.05) is 6.61 Å². The van der Waals surface area contributed by atoms with E-state index in [1.807, 2.05) is 20.8 Å². The highest BCUT2D eigenvalue weighted by molar-refractivity contribution is 5.92. The van der Waals surface area contributed by atoms with Crippen molar-refractivity contribution in [3.63, 3.8) is 0 Å². The first-order valence-electron chi connectivity index (χ1n) is 5.78. The van der Waals surface area contributed by atoms with E-state index < -0.39 is 0 Å². The van der Waals surface area contributed by atoms with Crippen LogP contribution in [0.15, 0.2) is 24.4 Å². The summed E-state index contributed by atoms with van der Waals surface area (Å²) in [6.45, 7) is 6.16. The number of pyridine rings is 1. The number of carbonyl (C=O) groups is 1. The Balaban J connectivity index is 2.71. The van der Waals surface area contributed by atoms with E-state index >= 15 is 0 Å². The molecule has 1 rings (SSSR count). The quantitative estimate of drug-likeness (QED) is 0.835.